The first-order valence-corrected chi connectivity index (χ1v) is 11.4. The molecule has 0 aromatic carbocycles. The molecule has 1 spiro atoms. The molecule has 1 aromatic rings. The predicted octanol–water partition coefficient (Wildman–Crippen LogP) is 3.37. The van der Waals surface area contributed by atoms with Crippen molar-refractivity contribution in [3.8, 4) is 0 Å². The molecule has 5 fully saturated rings. The molecule has 2 N–H and O–H groups in total. The molecule has 29 heavy (non-hydrogen) atoms. The summed E-state index contributed by atoms with van der Waals surface area (Å²) < 4.78 is 11.8. The van der Waals surface area contributed by atoms with Crippen molar-refractivity contribution in [1.29, 1.82) is 0 Å². The van der Waals surface area contributed by atoms with E-state index in [0.717, 1.165) is 50.5 Å². The second-order valence-corrected chi connectivity index (χ2v) is 11.1. The van der Waals surface area contributed by atoms with Crippen LogP contribution in [0.15, 0.2) is 27.6 Å². The summed E-state index contributed by atoms with van der Waals surface area (Å²) in [7, 11) is 0. The lowest BCUT2D eigenvalue weighted by atomic mass is 9.42. The Morgan fingerprint density at radius 2 is 1.79 bits per heavy atom. The van der Waals surface area contributed by atoms with Gasteiger partial charge >= 0.3 is 5.63 Å². The number of hydrogen-bond acceptors (Lipinski definition) is 5. The van der Waals surface area contributed by atoms with Crippen LogP contribution in [0.3, 0.4) is 0 Å². The summed E-state index contributed by atoms with van der Waals surface area (Å²) in [5.41, 5.74) is -0.118. The second kappa shape index (κ2) is 5.54. The average Bonchev–Trinajstić information content (AvgIpc) is 3.34. The summed E-state index contributed by atoms with van der Waals surface area (Å²) >= 11 is 0. The fourth-order valence-corrected chi connectivity index (χ4v) is 8.73. The number of aliphatic hydroxyl groups excluding tert-OH is 1. The van der Waals surface area contributed by atoms with Gasteiger partial charge in [0.1, 0.15) is 5.60 Å². The number of aliphatic hydroxyl groups is 2. The molecule has 4 saturated carbocycles. The first-order valence-electron chi connectivity index (χ1n) is 11.4. The Kier molecular flexibility index (Phi) is 3.55. The Hall–Kier alpha value is -1.17. The van der Waals surface area contributed by atoms with Crippen LogP contribution in [0, 0.1) is 22.7 Å². The maximum atomic E-state index is 11.6. The number of fused-ring (bicyclic) bond motifs is 3. The minimum atomic E-state index is -0.749. The minimum absolute atomic E-state index is 0.0404. The van der Waals surface area contributed by atoms with Gasteiger partial charge in [-0.25, -0.2) is 4.79 Å². The zero-order chi connectivity index (χ0) is 20.2. The van der Waals surface area contributed by atoms with Gasteiger partial charge in [-0.05, 0) is 79.7 Å². The molecule has 2 unspecified atom stereocenters. The Morgan fingerprint density at radius 3 is 2.55 bits per heavy atom. The van der Waals surface area contributed by atoms with Crippen LogP contribution in [0.1, 0.15) is 76.7 Å². The van der Waals surface area contributed by atoms with Gasteiger partial charge in [-0.2, -0.15) is 0 Å². The zero-order valence-corrected chi connectivity index (χ0v) is 17.4. The van der Waals surface area contributed by atoms with Crippen molar-refractivity contribution in [1.82, 2.24) is 0 Å². The highest BCUT2D eigenvalue weighted by Gasteiger charge is 2.81. The summed E-state index contributed by atoms with van der Waals surface area (Å²) in [5.74, 6) is 1.26. The van der Waals surface area contributed by atoms with E-state index in [9.17, 15) is 15.0 Å². The predicted molar refractivity (Wildman–Crippen MR) is 106 cm³/mol. The maximum absolute atomic E-state index is 11.6. The van der Waals surface area contributed by atoms with Gasteiger partial charge in [0.05, 0.1) is 24.1 Å². The average molecular weight is 401 g/mol. The van der Waals surface area contributed by atoms with E-state index >= 15 is 0 Å². The highest BCUT2D eigenvalue weighted by atomic mass is 16.6. The van der Waals surface area contributed by atoms with Gasteiger partial charge in [0, 0.05) is 17.9 Å². The van der Waals surface area contributed by atoms with E-state index in [0.29, 0.717) is 24.2 Å². The molecule has 158 valence electrons. The van der Waals surface area contributed by atoms with Gasteiger partial charge < -0.3 is 19.4 Å². The third-order valence-electron chi connectivity index (χ3n) is 10.3. The Morgan fingerprint density at radius 1 is 1.03 bits per heavy atom. The van der Waals surface area contributed by atoms with Gasteiger partial charge in [0.2, 0.25) is 0 Å². The number of rotatable bonds is 1. The molecule has 1 saturated heterocycles. The zero-order valence-electron chi connectivity index (χ0n) is 17.4. The smallest absolute Gasteiger partial charge is 0.335 e. The summed E-state index contributed by atoms with van der Waals surface area (Å²) in [6.07, 6.45) is 8.69. The lowest BCUT2D eigenvalue weighted by Gasteiger charge is -2.64. The van der Waals surface area contributed by atoms with Crippen molar-refractivity contribution in [2.24, 2.45) is 22.7 Å². The maximum Gasteiger partial charge on any atom is 0.335 e. The molecule has 2 heterocycles. The Balaban J connectivity index is 1.37. The highest BCUT2D eigenvalue weighted by molar-refractivity contribution is 5.35. The number of epoxide rings is 1. The standard InChI is InChI=1S/C24H32O5/c1-21-8-5-15(25)12-23(21,27)10-7-17-16(21)6-9-22(2)18(11-19-24(17,22)29-19)14-3-4-20(26)28-13-14/h3-4,13,15-19,25,27H,5-12H2,1-2H3/t15-,16-,17+,18+,19?,21+,22+,23-,24?/m0/s1. The third kappa shape index (κ3) is 2.10. The van der Waals surface area contributed by atoms with Crippen molar-refractivity contribution < 1.29 is 19.4 Å². The van der Waals surface area contributed by atoms with Crippen LogP contribution in [0.4, 0.5) is 0 Å². The summed E-state index contributed by atoms with van der Waals surface area (Å²) in [6.45, 7) is 4.67. The number of hydrogen-bond donors (Lipinski definition) is 2. The third-order valence-corrected chi connectivity index (χ3v) is 10.3. The Labute approximate surface area is 171 Å². The first-order chi connectivity index (χ1) is 13.7. The van der Waals surface area contributed by atoms with Crippen molar-refractivity contribution in [2.45, 2.75) is 94.5 Å². The van der Waals surface area contributed by atoms with Gasteiger partial charge in [-0.15, -0.1) is 0 Å². The molecule has 5 heteroatoms. The van der Waals surface area contributed by atoms with Crippen LogP contribution in [0.25, 0.3) is 0 Å². The molecule has 1 aliphatic heterocycles. The van der Waals surface area contributed by atoms with Gasteiger partial charge in [-0.3, -0.25) is 0 Å². The summed E-state index contributed by atoms with van der Waals surface area (Å²) in [5, 5.41) is 21.8. The fraction of sp³-hybridized carbons (Fsp3) is 0.792. The first kappa shape index (κ1) is 18.6. The molecule has 5 aliphatic rings. The van der Waals surface area contributed by atoms with Crippen LogP contribution >= 0.6 is 0 Å². The van der Waals surface area contributed by atoms with Crippen molar-refractivity contribution in [2.75, 3.05) is 0 Å². The molecule has 0 amide bonds. The van der Waals surface area contributed by atoms with Crippen LogP contribution in [0.2, 0.25) is 0 Å². The van der Waals surface area contributed by atoms with Crippen molar-refractivity contribution >= 4 is 0 Å². The Bertz CT molecular complexity index is 890. The summed E-state index contributed by atoms with van der Waals surface area (Å²) in [4.78, 5) is 11.4. The van der Waals surface area contributed by atoms with Crippen LogP contribution < -0.4 is 5.63 Å². The summed E-state index contributed by atoms with van der Waals surface area (Å²) in [6, 6.07) is 3.48. The van der Waals surface area contributed by atoms with E-state index in [1.54, 1.807) is 6.26 Å². The highest BCUT2D eigenvalue weighted by Crippen LogP contribution is 2.78. The molecule has 0 bridgehead atoms. The lowest BCUT2D eigenvalue weighted by Crippen LogP contribution is -2.65. The lowest BCUT2D eigenvalue weighted by molar-refractivity contribution is -0.223. The normalized spacial score (nSPS) is 55.4. The minimum Gasteiger partial charge on any atom is -0.431 e. The molecular weight excluding hydrogens is 368 g/mol. The molecule has 9 atom stereocenters. The molecule has 0 radical (unpaired) electrons. The van der Waals surface area contributed by atoms with E-state index in [4.69, 9.17) is 9.15 Å². The van der Waals surface area contributed by atoms with E-state index in [2.05, 4.69) is 13.8 Å². The second-order valence-electron chi connectivity index (χ2n) is 11.1. The molecular formula is C24H32O5. The van der Waals surface area contributed by atoms with Gasteiger partial charge in [0.15, 0.2) is 0 Å². The topological polar surface area (TPSA) is 83.2 Å². The SMILES string of the molecule is C[C@]12CC[C@H]3[C@@H](CC[C@]4(O)C[C@@H](O)CC[C@]34C)C13OC3C[C@@H]2c1ccc(=O)oc1. The van der Waals surface area contributed by atoms with Crippen molar-refractivity contribution in [3.63, 3.8) is 0 Å². The van der Waals surface area contributed by atoms with Gasteiger partial charge in [0.25, 0.3) is 0 Å². The largest absolute Gasteiger partial charge is 0.431 e. The van der Waals surface area contributed by atoms with Crippen LogP contribution in [0.5, 0.6) is 0 Å². The molecule has 4 aliphatic carbocycles. The molecule has 1 aromatic heterocycles. The monoisotopic (exact) mass is 400 g/mol. The van der Waals surface area contributed by atoms with Crippen LogP contribution in [-0.2, 0) is 4.74 Å². The molecule has 6 rings (SSSR count). The molecule has 5 nitrogen and oxygen atoms in total. The van der Waals surface area contributed by atoms with Crippen molar-refractivity contribution in [3.05, 3.63) is 34.4 Å². The van der Waals surface area contributed by atoms with E-state index in [1.807, 2.05) is 6.07 Å². The quantitative estimate of drug-likeness (QED) is 0.706. The van der Waals surface area contributed by atoms with E-state index < -0.39 is 5.60 Å². The van der Waals surface area contributed by atoms with Gasteiger partial charge in [-0.1, -0.05) is 13.8 Å². The number of ether oxygens (including phenoxy) is 1. The van der Waals surface area contributed by atoms with E-state index in [1.165, 1.54) is 6.07 Å². The van der Waals surface area contributed by atoms with Crippen LogP contribution in [-0.4, -0.2) is 33.6 Å². The van der Waals surface area contributed by atoms with E-state index in [-0.39, 0.29) is 34.3 Å². The fourth-order valence-electron chi connectivity index (χ4n) is 8.73.